The van der Waals surface area contributed by atoms with Crippen LogP contribution >= 0.6 is 0 Å². The summed E-state index contributed by atoms with van der Waals surface area (Å²) >= 11 is 0. The molecule has 9 nitrogen and oxygen atoms in total. The van der Waals surface area contributed by atoms with Gasteiger partial charge in [0.15, 0.2) is 6.61 Å². The standard InChI is InChI=1S/C28H28N2O5S.C3H7NO/c1-20-9-8-14-25(21(20)2)29-27(31)19-35-28(32)26-17-23-12-6-7-13-24(23)18-30(26)36(33,34)16-15-22-10-4-3-5-11-22;1-4(2)3-5/h3-16,26H,17-19H2,1-2H3,(H,29,31);3H,1-2H3. The molecule has 1 N–H and O–H groups in total. The summed E-state index contributed by atoms with van der Waals surface area (Å²) in [7, 11) is -0.590. The summed E-state index contributed by atoms with van der Waals surface area (Å²) in [6.07, 6.45) is 2.40. The van der Waals surface area contributed by atoms with E-state index >= 15 is 0 Å². The number of rotatable bonds is 8. The number of hydrogen-bond acceptors (Lipinski definition) is 6. The monoisotopic (exact) mass is 577 g/mol. The zero-order valence-corrected chi connectivity index (χ0v) is 24.4. The maximum absolute atomic E-state index is 13.3. The number of ether oxygens (including phenoxy) is 1. The Morgan fingerprint density at radius 2 is 1.61 bits per heavy atom. The minimum Gasteiger partial charge on any atom is -0.454 e. The Kier molecular flexibility index (Phi) is 11.0. The lowest BCUT2D eigenvalue weighted by atomic mass is 9.96. The van der Waals surface area contributed by atoms with Crippen molar-refractivity contribution < 1.29 is 27.5 Å². The quantitative estimate of drug-likeness (QED) is 0.321. The molecule has 0 radical (unpaired) electrons. The van der Waals surface area contributed by atoms with Gasteiger partial charge in [-0.25, -0.2) is 8.42 Å². The third kappa shape index (κ3) is 8.86. The Morgan fingerprint density at radius 3 is 2.27 bits per heavy atom. The van der Waals surface area contributed by atoms with Crippen LogP contribution < -0.4 is 5.32 Å². The van der Waals surface area contributed by atoms with Crippen LogP contribution in [0.1, 0.15) is 27.8 Å². The highest BCUT2D eigenvalue weighted by Gasteiger charge is 2.39. The van der Waals surface area contributed by atoms with Crippen LogP contribution in [-0.2, 0) is 42.1 Å². The summed E-state index contributed by atoms with van der Waals surface area (Å²) in [4.78, 5) is 36.4. The molecule has 0 spiro atoms. The van der Waals surface area contributed by atoms with Gasteiger partial charge in [-0.1, -0.05) is 66.7 Å². The van der Waals surface area contributed by atoms with Gasteiger partial charge in [0.25, 0.3) is 5.91 Å². The molecule has 41 heavy (non-hydrogen) atoms. The third-order valence-corrected chi connectivity index (χ3v) is 7.99. The predicted molar refractivity (Wildman–Crippen MR) is 159 cm³/mol. The van der Waals surface area contributed by atoms with Gasteiger partial charge in [-0.3, -0.25) is 14.4 Å². The van der Waals surface area contributed by atoms with E-state index in [0.717, 1.165) is 43.9 Å². The Morgan fingerprint density at radius 1 is 0.976 bits per heavy atom. The molecule has 0 bridgehead atoms. The van der Waals surface area contributed by atoms with E-state index in [0.29, 0.717) is 5.69 Å². The molecule has 1 unspecified atom stereocenters. The van der Waals surface area contributed by atoms with E-state index in [4.69, 9.17) is 4.74 Å². The van der Waals surface area contributed by atoms with Gasteiger partial charge in [0.05, 0.1) is 0 Å². The molecule has 3 aromatic carbocycles. The van der Waals surface area contributed by atoms with E-state index in [1.807, 2.05) is 68.4 Å². The number of hydrogen-bond donors (Lipinski definition) is 1. The fraction of sp³-hybridized carbons (Fsp3) is 0.258. The highest BCUT2D eigenvalue weighted by Crippen LogP contribution is 2.27. The van der Waals surface area contributed by atoms with Crippen LogP contribution in [0.15, 0.2) is 78.2 Å². The molecule has 0 aliphatic carbocycles. The first kappa shape index (κ1) is 31.3. The Balaban J connectivity index is 0.000000850. The average Bonchev–Trinajstić information content (AvgIpc) is 2.97. The first-order valence-electron chi connectivity index (χ1n) is 13.0. The molecule has 4 rings (SSSR count). The molecule has 3 aromatic rings. The van der Waals surface area contributed by atoms with Crippen LogP contribution in [0.3, 0.4) is 0 Å². The molecule has 2 amide bonds. The van der Waals surface area contributed by atoms with Crippen molar-refractivity contribution in [2.75, 3.05) is 26.0 Å². The smallest absolute Gasteiger partial charge is 0.325 e. The van der Waals surface area contributed by atoms with E-state index in [1.54, 1.807) is 32.3 Å². The maximum Gasteiger partial charge on any atom is 0.325 e. The van der Waals surface area contributed by atoms with E-state index < -0.39 is 34.5 Å². The van der Waals surface area contributed by atoms with Gasteiger partial charge in [0.1, 0.15) is 6.04 Å². The third-order valence-electron chi connectivity index (χ3n) is 6.47. The first-order valence-corrected chi connectivity index (χ1v) is 14.5. The van der Waals surface area contributed by atoms with E-state index in [1.165, 1.54) is 11.0 Å². The van der Waals surface area contributed by atoms with Crippen LogP contribution in [0, 0.1) is 13.8 Å². The topological polar surface area (TPSA) is 113 Å². The number of carbonyl (C=O) groups excluding carboxylic acids is 3. The predicted octanol–water partition coefficient (Wildman–Crippen LogP) is 3.92. The number of nitrogens with one attached hydrogen (secondary N) is 1. The van der Waals surface area contributed by atoms with Crippen molar-refractivity contribution in [2.24, 2.45) is 0 Å². The van der Waals surface area contributed by atoms with Crippen molar-refractivity contribution in [3.63, 3.8) is 0 Å². The number of amides is 2. The molecule has 1 aliphatic rings. The number of aryl methyl sites for hydroxylation is 1. The zero-order valence-electron chi connectivity index (χ0n) is 23.6. The van der Waals surface area contributed by atoms with Crippen molar-refractivity contribution >= 4 is 40.1 Å². The summed E-state index contributed by atoms with van der Waals surface area (Å²) in [5, 5.41) is 3.85. The van der Waals surface area contributed by atoms with Crippen molar-refractivity contribution in [3.05, 3.63) is 106 Å². The Labute approximate surface area is 241 Å². The minimum absolute atomic E-state index is 0.0338. The number of sulfonamides is 1. The van der Waals surface area contributed by atoms with Gasteiger partial charge in [0, 0.05) is 38.2 Å². The molecule has 1 atom stereocenters. The lowest BCUT2D eigenvalue weighted by Crippen LogP contribution is -2.49. The van der Waals surface area contributed by atoms with Crippen molar-refractivity contribution in [1.29, 1.82) is 0 Å². The minimum atomic E-state index is -3.96. The second-order valence-electron chi connectivity index (χ2n) is 9.76. The number of fused-ring (bicyclic) bond motifs is 1. The van der Waals surface area contributed by atoms with Crippen molar-refractivity contribution in [1.82, 2.24) is 9.21 Å². The zero-order chi connectivity index (χ0) is 30.0. The fourth-order valence-corrected chi connectivity index (χ4v) is 5.40. The fourth-order valence-electron chi connectivity index (χ4n) is 4.08. The van der Waals surface area contributed by atoms with Crippen LogP contribution in [0.4, 0.5) is 5.69 Å². The summed E-state index contributed by atoms with van der Waals surface area (Å²) in [5.41, 5.74) is 5.00. The van der Waals surface area contributed by atoms with Gasteiger partial charge in [-0.15, -0.1) is 0 Å². The molecule has 1 heterocycles. The Hall–Kier alpha value is -4.28. The first-order chi connectivity index (χ1) is 19.5. The highest BCUT2D eigenvalue weighted by molar-refractivity contribution is 7.92. The molecule has 10 heteroatoms. The van der Waals surface area contributed by atoms with Crippen molar-refractivity contribution in [3.8, 4) is 0 Å². The maximum atomic E-state index is 13.3. The molecule has 1 aliphatic heterocycles. The lowest BCUT2D eigenvalue weighted by Gasteiger charge is -2.33. The van der Waals surface area contributed by atoms with Gasteiger partial charge in [-0.2, -0.15) is 4.31 Å². The van der Waals surface area contributed by atoms with Gasteiger partial charge < -0.3 is 15.0 Å². The summed E-state index contributed by atoms with van der Waals surface area (Å²) in [6, 6.07) is 20.9. The summed E-state index contributed by atoms with van der Waals surface area (Å²) < 4.78 is 33.0. The van der Waals surface area contributed by atoms with Gasteiger partial charge in [0.2, 0.25) is 16.4 Å². The van der Waals surface area contributed by atoms with Gasteiger partial charge in [-0.05, 0) is 53.8 Å². The van der Waals surface area contributed by atoms with E-state index in [2.05, 4.69) is 5.32 Å². The number of esters is 1. The molecule has 216 valence electrons. The summed E-state index contributed by atoms with van der Waals surface area (Å²) in [5.74, 6) is -1.26. The van der Waals surface area contributed by atoms with E-state index in [-0.39, 0.29) is 13.0 Å². The average molecular weight is 578 g/mol. The SMILES string of the molecule is CN(C)C=O.Cc1cccc(NC(=O)COC(=O)C2Cc3ccccc3CN2S(=O)(=O)C=Cc2ccccc2)c1C. The number of nitrogens with zero attached hydrogens (tertiary/aromatic N) is 2. The molecule has 0 fully saturated rings. The van der Waals surface area contributed by atoms with E-state index in [9.17, 15) is 22.8 Å². The van der Waals surface area contributed by atoms with Crippen LogP contribution in [0.2, 0.25) is 0 Å². The highest BCUT2D eigenvalue weighted by atomic mass is 32.2. The summed E-state index contributed by atoms with van der Waals surface area (Å²) in [6.45, 7) is 3.35. The Bertz CT molecular complexity index is 1500. The second kappa shape index (κ2) is 14.4. The largest absolute Gasteiger partial charge is 0.454 e. The second-order valence-corrected chi connectivity index (χ2v) is 11.5. The van der Waals surface area contributed by atoms with Gasteiger partial charge >= 0.3 is 5.97 Å². The molecule has 0 saturated carbocycles. The molecular weight excluding hydrogens is 542 g/mol. The van der Waals surface area contributed by atoms with Crippen LogP contribution in [0.5, 0.6) is 0 Å². The lowest BCUT2D eigenvalue weighted by molar-refractivity contribution is -0.151. The number of benzene rings is 3. The molecule has 0 aromatic heterocycles. The molecule has 0 saturated heterocycles. The van der Waals surface area contributed by atoms with Crippen LogP contribution in [0.25, 0.3) is 6.08 Å². The normalized spacial score (nSPS) is 14.8. The van der Waals surface area contributed by atoms with Crippen molar-refractivity contribution in [2.45, 2.75) is 32.9 Å². The number of anilines is 1. The molecular formula is C31H35N3O6S. The number of carbonyl (C=O) groups is 3. The van der Waals surface area contributed by atoms with Crippen LogP contribution in [-0.4, -0.2) is 62.7 Å².